The van der Waals surface area contributed by atoms with E-state index in [-0.39, 0.29) is 17.3 Å². The van der Waals surface area contributed by atoms with Gasteiger partial charge in [0, 0.05) is 35.1 Å². The SMILES string of the molecule is CCCCOc1cc(OC)c2c3c1C[C@@H]1[C@@H]4CCC(=O)[C@H](O2)[C@]34CCN1C. The van der Waals surface area contributed by atoms with Crippen LogP contribution in [0, 0.1) is 5.92 Å². The number of piperidine rings is 1. The van der Waals surface area contributed by atoms with Crippen LogP contribution in [0.4, 0.5) is 0 Å². The van der Waals surface area contributed by atoms with E-state index in [0.29, 0.717) is 30.7 Å². The quantitative estimate of drug-likeness (QED) is 0.745. The highest BCUT2D eigenvalue weighted by Crippen LogP contribution is 2.64. The minimum atomic E-state index is -0.346. The molecule has 146 valence electrons. The second-order valence-electron chi connectivity index (χ2n) is 8.61. The van der Waals surface area contributed by atoms with E-state index < -0.39 is 0 Å². The highest BCUT2D eigenvalue weighted by atomic mass is 16.5. The van der Waals surface area contributed by atoms with Gasteiger partial charge in [0.05, 0.1) is 13.7 Å². The summed E-state index contributed by atoms with van der Waals surface area (Å²) in [5.41, 5.74) is 2.31. The molecular weight excluding hydrogens is 342 g/mol. The third kappa shape index (κ3) is 2.18. The lowest BCUT2D eigenvalue weighted by molar-refractivity contribution is -0.138. The van der Waals surface area contributed by atoms with Crippen LogP contribution >= 0.6 is 0 Å². The van der Waals surface area contributed by atoms with Crippen LogP contribution in [-0.4, -0.2) is 50.1 Å². The fourth-order valence-corrected chi connectivity index (χ4v) is 6.17. The molecular formula is C22H29NO4. The van der Waals surface area contributed by atoms with E-state index in [1.54, 1.807) is 7.11 Å². The number of methoxy groups -OCH3 is 1. The molecule has 27 heavy (non-hydrogen) atoms. The van der Waals surface area contributed by atoms with E-state index in [1.165, 1.54) is 11.1 Å². The van der Waals surface area contributed by atoms with E-state index >= 15 is 0 Å². The molecule has 5 rings (SSSR count). The van der Waals surface area contributed by atoms with E-state index in [1.807, 2.05) is 6.07 Å². The number of hydrogen-bond donors (Lipinski definition) is 0. The van der Waals surface area contributed by atoms with Crippen LogP contribution in [0.3, 0.4) is 0 Å². The highest BCUT2D eigenvalue weighted by molar-refractivity contribution is 5.89. The molecule has 0 radical (unpaired) electrons. The zero-order chi connectivity index (χ0) is 18.8. The van der Waals surface area contributed by atoms with Crippen molar-refractivity contribution in [2.24, 2.45) is 5.92 Å². The minimum Gasteiger partial charge on any atom is -0.493 e. The first-order valence-electron chi connectivity index (χ1n) is 10.4. The topological polar surface area (TPSA) is 48.0 Å². The standard InChI is InChI=1S/C22H29NO4/c1-4-5-10-26-17-12-18(25-3)20-19-13(17)11-15-14-6-7-16(24)21(27-20)22(14,19)8-9-23(15)2/h12,14-15,21H,4-11H2,1-3H3/t14-,15+,21-,22-/m0/s1. The Balaban J connectivity index is 1.71. The molecule has 0 amide bonds. The number of rotatable bonds is 5. The molecule has 0 unspecified atom stereocenters. The third-order valence-electron chi connectivity index (χ3n) is 7.43. The molecule has 2 heterocycles. The Morgan fingerprint density at radius 3 is 3.00 bits per heavy atom. The first-order valence-corrected chi connectivity index (χ1v) is 10.4. The van der Waals surface area contributed by atoms with Gasteiger partial charge in [-0.25, -0.2) is 0 Å². The van der Waals surface area contributed by atoms with Gasteiger partial charge in [0.15, 0.2) is 23.4 Å². The van der Waals surface area contributed by atoms with Crippen molar-refractivity contribution in [3.05, 3.63) is 17.2 Å². The number of nitrogens with zero attached hydrogens (tertiary/aromatic N) is 1. The summed E-state index contributed by atoms with van der Waals surface area (Å²) in [6, 6.07) is 2.44. The molecule has 5 nitrogen and oxygen atoms in total. The molecule has 2 fully saturated rings. The Morgan fingerprint density at radius 2 is 2.22 bits per heavy atom. The Hall–Kier alpha value is -1.75. The maximum atomic E-state index is 12.9. The fraction of sp³-hybridized carbons (Fsp3) is 0.682. The van der Waals surface area contributed by atoms with Crippen LogP contribution in [-0.2, 0) is 16.6 Å². The number of carbonyl (C=O) groups is 1. The van der Waals surface area contributed by atoms with Crippen LogP contribution in [0.1, 0.15) is 50.2 Å². The molecule has 1 saturated heterocycles. The number of likely N-dealkylation sites (N-methyl/N-ethyl adjacent to an activating group) is 1. The van der Waals surface area contributed by atoms with Gasteiger partial charge in [-0.3, -0.25) is 4.79 Å². The van der Waals surface area contributed by atoms with Crippen molar-refractivity contribution in [3.8, 4) is 17.2 Å². The van der Waals surface area contributed by atoms with E-state index in [0.717, 1.165) is 50.1 Å². The molecule has 4 aliphatic rings. The highest BCUT2D eigenvalue weighted by Gasteiger charge is 2.66. The second kappa shape index (κ2) is 6.13. The number of unbranched alkanes of at least 4 members (excludes halogenated alkanes) is 1. The predicted octanol–water partition coefficient (Wildman–Crippen LogP) is 3.11. The summed E-state index contributed by atoms with van der Waals surface area (Å²) >= 11 is 0. The van der Waals surface area contributed by atoms with E-state index in [2.05, 4.69) is 18.9 Å². The molecule has 2 bridgehead atoms. The molecule has 1 spiro atoms. The van der Waals surface area contributed by atoms with Gasteiger partial charge in [0.2, 0.25) is 0 Å². The minimum absolute atomic E-state index is 0.188. The lowest BCUT2D eigenvalue weighted by Gasteiger charge is -2.57. The largest absolute Gasteiger partial charge is 0.493 e. The Bertz CT molecular complexity index is 791. The van der Waals surface area contributed by atoms with Gasteiger partial charge in [-0.05, 0) is 45.2 Å². The number of ketones is 1. The number of carbonyl (C=O) groups excluding carboxylic acids is 1. The number of Topliss-reactive ketones (excluding diaryl/α,β-unsaturated/α-hetero) is 1. The summed E-state index contributed by atoms with van der Waals surface area (Å²) in [6.45, 7) is 3.90. The normalized spacial score (nSPS) is 33.4. The van der Waals surface area contributed by atoms with E-state index in [9.17, 15) is 4.79 Å². The Morgan fingerprint density at radius 1 is 1.37 bits per heavy atom. The summed E-state index contributed by atoms with van der Waals surface area (Å²) in [4.78, 5) is 15.4. The van der Waals surface area contributed by atoms with Crippen molar-refractivity contribution in [3.63, 3.8) is 0 Å². The number of ether oxygens (including phenoxy) is 3. The number of hydrogen-bond acceptors (Lipinski definition) is 5. The van der Waals surface area contributed by atoms with Gasteiger partial charge in [-0.15, -0.1) is 0 Å². The lowest BCUT2D eigenvalue weighted by Crippen LogP contribution is -2.65. The van der Waals surface area contributed by atoms with Crippen LogP contribution < -0.4 is 14.2 Å². The summed E-state index contributed by atoms with van der Waals surface area (Å²) in [6.07, 6.45) is 5.34. The zero-order valence-electron chi connectivity index (χ0n) is 16.5. The van der Waals surface area contributed by atoms with Crippen molar-refractivity contribution in [1.82, 2.24) is 4.90 Å². The molecule has 2 aliphatic heterocycles. The molecule has 0 aromatic heterocycles. The number of benzene rings is 1. The van der Waals surface area contributed by atoms with Gasteiger partial charge >= 0.3 is 0 Å². The number of likely N-dealkylation sites (tertiary alicyclic amines) is 1. The molecule has 4 atom stereocenters. The monoisotopic (exact) mass is 371 g/mol. The maximum absolute atomic E-state index is 12.9. The van der Waals surface area contributed by atoms with Crippen molar-refractivity contribution in [1.29, 1.82) is 0 Å². The third-order valence-corrected chi connectivity index (χ3v) is 7.43. The first kappa shape index (κ1) is 17.4. The van der Waals surface area contributed by atoms with Gasteiger partial charge in [-0.1, -0.05) is 13.3 Å². The molecule has 5 heteroatoms. The van der Waals surface area contributed by atoms with Gasteiger partial charge in [0.1, 0.15) is 5.75 Å². The molecule has 1 aromatic carbocycles. The van der Waals surface area contributed by atoms with Crippen molar-refractivity contribution in [2.45, 2.75) is 63.0 Å². The van der Waals surface area contributed by atoms with Crippen LogP contribution in [0.15, 0.2) is 6.07 Å². The molecule has 1 aromatic rings. The lowest BCUT2D eigenvalue weighted by atomic mass is 9.51. The summed E-state index contributed by atoms with van der Waals surface area (Å²) < 4.78 is 18.3. The van der Waals surface area contributed by atoms with Crippen LogP contribution in [0.2, 0.25) is 0 Å². The summed E-state index contributed by atoms with van der Waals surface area (Å²) in [7, 11) is 3.91. The average Bonchev–Trinajstić information content (AvgIpc) is 3.02. The Kier molecular flexibility index (Phi) is 3.94. The molecule has 0 N–H and O–H groups in total. The first-order chi connectivity index (χ1) is 13.1. The van der Waals surface area contributed by atoms with E-state index in [4.69, 9.17) is 14.2 Å². The smallest absolute Gasteiger partial charge is 0.174 e. The zero-order valence-corrected chi connectivity index (χ0v) is 16.5. The van der Waals surface area contributed by atoms with Crippen molar-refractivity contribution in [2.75, 3.05) is 27.3 Å². The van der Waals surface area contributed by atoms with Gasteiger partial charge in [-0.2, -0.15) is 0 Å². The maximum Gasteiger partial charge on any atom is 0.174 e. The molecule has 2 aliphatic carbocycles. The molecule has 1 saturated carbocycles. The predicted molar refractivity (Wildman–Crippen MR) is 102 cm³/mol. The second-order valence-corrected chi connectivity index (χ2v) is 8.61. The average molecular weight is 371 g/mol. The van der Waals surface area contributed by atoms with Crippen molar-refractivity contribution >= 4 is 5.78 Å². The van der Waals surface area contributed by atoms with Crippen LogP contribution in [0.5, 0.6) is 17.2 Å². The van der Waals surface area contributed by atoms with Crippen LogP contribution in [0.25, 0.3) is 0 Å². The summed E-state index contributed by atoms with van der Waals surface area (Å²) in [5.74, 6) is 3.19. The summed E-state index contributed by atoms with van der Waals surface area (Å²) in [5, 5.41) is 0. The van der Waals surface area contributed by atoms with Crippen molar-refractivity contribution < 1.29 is 19.0 Å². The Labute approximate surface area is 161 Å². The fourth-order valence-electron chi connectivity index (χ4n) is 6.17. The van der Waals surface area contributed by atoms with Gasteiger partial charge < -0.3 is 19.1 Å². The van der Waals surface area contributed by atoms with Gasteiger partial charge in [0.25, 0.3) is 0 Å².